The van der Waals surface area contributed by atoms with Crippen LogP contribution >= 0.6 is 11.3 Å². The number of benzene rings is 7. The molecular weight excluding hydrogens is 563 g/mol. The summed E-state index contributed by atoms with van der Waals surface area (Å²) in [5.74, 6) is 0. The van der Waals surface area contributed by atoms with Crippen molar-refractivity contribution in [2.24, 2.45) is 0 Å². The lowest BCUT2D eigenvalue weighted by molar-refractivity contribution is 0.777. The number of nitrogens with zero attached hydrogens (tertiary/aromatic N) is 1. The zero-order chi connectivity index (χ0) is 29.8. The van der Waals surface area contributed by atoms with E-state index in [9.17, 15) is 0 Å². The van der Waals surface area contributed by atoms with E-state index in [0.717, 1.165) is 17.1 Å². The maximum Gasteiger partial charge on any atom is 0.0728 e. The summed E-state index contributed by atoms with van der Waals surface area (Å²) in [4.78, 5) is 2.37. The largest absolute Gasteiger partial charge is 0.310 e. The first kappa shape index (κ1) is 26.0. The first-order valence-corrected chi connectivity index (χ1v) is 16.3. The highest BCUT2D eigenvalue weighted by atomic mass is 32.1. The van der Waals surface area contributed by atoms with Crippen LogP contribution in [0.2, 0.25) is 0 Å². The van der Waals surface area contributed by atoms with Gasteiger partial charge in [-0.2, -0.15) is 0 Å². The molecular formula is C43H29NS. The number of hydrogen-bond donors (Lipinski definition) is 0. The Morgan fingerprint density at radius 2 is 0.911 bits per heavy atom. The van der Waals surface area contributed by atoms with Crippen LogP contribution in [0, 0.1) is 0 Å². The summed E-state index contributed by atoms with van der Waals surface area (Å²) in [7, 11) is 0. The van der Waals surface area contributed by atoms with Crippen molar-refractivity contribution < 1.29 is 0 Å². The molecule has 0 aliphatic heterocycles. The van der Waals surface area contributed by atoms with Crippen molar-refractivity contribution in [3.05, 3.63) is 198 Å². The number of anilines is 3. The predicted molar refractivity (Wildman–Crippen MR) is 191 cm³/mol. The molecule has 45 heavy (non-hydrogen) atoms. The Bertz CT molecular complexity index is 2250. The van der Waals surface area contributed by atoms with Gasteiger partial charge in [-0.05, 0) is 75.8 Å². The van der Waals surface area contributed by atoms with Crippen LogP contribution < -0.4 is 4.90 Å². The van der Waals surface area contributed by atoms with Crippen molar-refractivity contribution in [2.75, 3.05) is 4.90 Å². The molecule has 0 N–H and O–H groups in total. The van der Waals surface area contributed by atoms with Crippen molar-refractivity contribution in [1.82, 2.24) is 0 Å². The van der Waals surface area contributed by atoms with Gasteiger partial charge in [-0.15, -0.1) is 11.3 Å². The summed E-state index contributed by atoms with van der Waals surface area (Å²) < 4.78 is 2.67. The van der Waals surface area contributed by atoms with Gasteiger partial charge in [0.25, 0.3) is 0 Å². The van der Waals surface area contributed by atoms with Crippen molar-refractivity contribution in [1.29, 1.82) is 0 Å². The molecule has 0 radical (unpaired) electrons. The van der Waals surface area contributed by atoms with Crippen LogP contribution in [0.15, 0.2) is 176 Å². The molecule has 0 bridgehead atoms. The van der Waals surface area contributed by atoms with E-state index < -0.39 is 5.41 Å². The molecule has 7 aromatic carbocycles. The van der Waals surface area contributed by atoms with Gasteiger partial charge in [-0.3, -0.25) is 0 Å². The molecule has 212 valence electrons. The van der Waals surface area contributed by atoms with E-state index in [4.69, 9.17) is 0 Å². The molecule has 0 spiro atoms. The van der Waals surface area contributed by atoms with Crippen molar-refractivity contribution in [2.45, 2.75) is 5.41 Å². The smallest absolute Gasteiger partial charge is 0.0728 e. The molecule has 1 aliphatic carbocycles. The Morgan fingerprint density at radius 3 is 1.60 bits per heavy atom. The summed E-state index contributed by atoms with van der Waals surface area (Å²) in [6.45, 7) is 0. The molecule has 1 aliphatic rings. The average Bonchev–Trinajstić information content (AvgIpc) is 3.64. The van der Waals surface area contributed by atoms with Crippen molar-refractivity contribution in [3.8, 4) is 11.1 Å². The highest BCUT2D eigenvalue weighted by Crippen LogP contribution is 2.58. The third kappa shape index (κ3) is 3.86. The molecule has 0 saturated carbocycles. The molecule has 0 amide bonds. The summed E-state index contributed by atoms with van der Waals surface area (Å²) in [6.07, 6.45) is 0. The minimum Gasteiger partial charge on any atom is -0.310 e. The van der Waals surface area contributed by atoms with Crippen molar-refractivity contribution >= 4 is 48.6 Å². The van der Waals surface area contributed by atoms with E-state index in [2.05, 4.69) is 181 Å². The van der Waals surface area contributed by atoms with Crippen LogP contribution in [0.3, 0.4) is 0 Å². The van der Waals surface area contributed by atoms with Crippen LogP contribution in [0.1, 0.15) is 22.3 Å². The number of fused-ring (bicyclic) bond motifs is 6. The molecule has 2 heteroatoms. The normalized spacial score (nSPS) is 13.1. The topological polar surface area (TPSA) is 3.24 Å². The maximum absolute atomic E-state index is 2.42. The van der Waals surface area contributed by atoms with Gasteiger partial charge in [0.05, 0.1) is 5.41 Å². The fourth-order valence-electron chi connectivity index (χ4n) is 7.51. The van der Waals surface area contributed by atoms with E-state index in [1.807, 2.05) is 11.3 Å². The second-order valence-corrected chi connectivity index (χ2v) is 12.7. The van der Waals surface area contributed by atoms with Gasteiger partial charge in [0.1, 0.15) is 0 Å². The summed E-state index contributed by atoms with van der Waals surface area (Å²) >= 11 is 1.91. The third-order valence-electron chi connectivity index (χ3n) is 9.33. The lowest BCUT2D eigenvalue weighted by Crippen LogP contribution is -2.29. The Balaban J connectivity index is 1.39. The minimum atomic E-state index is -0.497. The van der Waals surface area contributed by atoms with Gasteiger partial charge in [0.2, 0.25) is 0 Å². The highest BCUT2D eigenvalue weighted by molar-refractivity contribution is 7.26. The molecule has 8 aromatic rings. The second-order valence-electron chi connectivity index (χ2n) is 11.7. The van der Waals surface area contributed by atoms with Crippen LogP contribution in [0.25, 0.3) is 31.3 Å². The lowest BCUT2D eigenvalue weighted by Gasteiger charge is -2.35. The highest BCUT2D eigenvalue weighted by Gasteiger charge is 2.47. The molecule has 0 unspecified atom stereocenters. The zero-order valence-electron chi connectivity index (χ0n) is 24.6. The van der Waals surface area contributed by atoms with Gasteiger partial charge in [-0.25, -0.2) is 0 Å². The number of para-hydroxylation sites is 2. The minimum absolute atomic E-state index is 0.497. The molecule has 9 rings (SSSR count). The van der Waals surface area contributed by atoms with E-state index >= 15 is 0 Å². The average molecular weight is 592 g/mol. The quantitative estimate of drug-likeness (QED) is 0.192. The number of thiophene rings is 1. The summed E-state index contributed by atoms with van der Waals surface area (Å²) in [5.41, 5.74) is 10.8. The SMILES string of the molecule is c1ccc(N(c2ccccc2)c2cccc(C3(c4cccc5c4sc4ccccc45)c4ccccc4-c4ccccc43)c2)cc1. The zero-order valence-corrected chi connectivity index (χ0v) is 25.4. The number of hydrogen-bond acceptors (Lipinski definition) is 2. The summed E-state index contributed by atoms with van der Waals surface area (Å²) in [5, 5.41) is 2.64. The molecule has 0 saturated heterocycles. The molecule has 1 heterocycles. The molecule has 1 nitrogen and oxygen atoms in total. The third-order valence-corrected chi connectivity index (χ3v) is 10.5. The standard InChI is InChI=1S/C43H29NS/c1-3-16-31(17-4-1)44(32-18-5-2-6-19-32)33-20-13-15-30(29-33)43(38-25-10-7-21-34(38)35-22-8-11-26-39(35)43)40-27-14-24-37-36-23-9-12-28-41(36)45-42(37)40/h1-29H. The predicted octanol–water partition coefficient (Wildman–Crippen LogP) is 11.9. The molecule has 0 atom stereocenters. The second kappa shape index (κ2) is 10.3. The van der Waals surface area contributed by atoms with Gasteiger partial charge in [-0.1, -0.05) is 133 Å². The first-order valence-electron chi connectivity index (χ1n) is 15.4. The lowest BCUT2D eigenvalue weighted by atomic mass is 9.67. The monoisotopic (exact) mass is 591 g/mol. The fraction of sp³-hybridized carbons (Fsp3) is 0.0233. The van der Waals surface area contributed by atoms with Crippen LogP contribution in [-0.2, 0) is 5.41 Å². The van der Waals surface area contributed by atoms with E-state index in [0.29, 0.717) is 0 Å². The van der Waals surface area contributed by atoms with E-state index in [1.165, 1.54) is 53.6 Å². The van der Waals surface area contributed by atoms with Crippen molar-refractivity contribution in [3.63, 3.8) is 0 Å². The van der Waals surface area contributed by atoms with Gasteiger partial charge < -0.3 is 4.90 Å². The van der Waals surface area contributed by atoms with E-state index in [-0.39, 0.29) is 0 Å². The maximum atomic E-state index is 2.42. The molecule has 0 fully saturated rings. The first-order chi connectivity index (χ1) is 22.3. The van der Waals surface area contributed by atoms with Crippen LogP contribution in [0.5, 0.6) is 0 Å². The van der Waals surface area contributed by atoms with Gasteiger partial charge >= 0.3 is 0 Å². The Morgan fingerprint density at radius 1 is 0.400 bits per heavy atom. The fourth-order valence-corrected chi connectivity index (χ4v) is 8.79. The molecule has 1 aromatic heterocycles. The Kier molecular flexibility index (Phi) is 5.97. The van der Waals surface area contributed by atoms with Crippen LogP contribution in [0.4, 0.5) is 17.1 Å². The number of rotatable bonds is 5. The van der Waals surface area contributed by atoms with Gasteiger partial charge in [0.15, 0.2) is 0 Å². The Hall–Kier alpha value is -5.44. The van der Waals surface area contributed by atoms with Crippen LogP contribution in [-0.4, -0.2) is 0 Å². The summed E-state index contributed by atoms with van der Waals surface area (Å²) in [6, 6.07) is 64.4. The Labute approximate surface area is 267 Å². The van der Waals surface area contributed by atoms with Gasteiger partial charge in [0, 0.05) is 37.2 Å². The van der Waals surface area contributed by atoms with E-state index in [1.54, 1.807) is 0 Å².